The Kier molecular flexibility index (Phi) is 7.47. The Labute approximate surface area is 133 Å². The number of amides is 1. The van der Waals surface area contributed by atoms with E-state index >= 15 is 0 Å². The molecule has 0 atom stereocenters. The smallest absolute Gasteiger partial charge is 0.221 e. The molecule has 0 unspecified atom stereocenters. The first-order valence-electron chi connectivity index (χ1n) is 7.39. The van der Waals surface area contributed by atoms with Gasteiger partial charge in [0.1, 0.15) is 0 Å². The number of pyridine rings is 1. The van der Waals surface area contributed by atoms with E-state index in [4.69, 9.17) is 0 Å². The molecule has 1 rings (SSSR count). The zero-order valence-corrected chi connectivity index (χ0v) is 14.3. The summed E-state index contributed by atoms with van der Waals surface area (Å²) in [6.07, 6.45) is 5.48. The maximum atomic E-state index is 11.8. The van der Waals surface area contributed by atoms with Crippen molar-refractivity contribution < 1.29 is 13.2 Å². The van der Waals surface area contributed by atoms with E-state index in [1.807, 2.05) is 19.9 Å². The van der Waals surface area contributed by atoms with E-state index in [9.17, 15) is 13.2 Å². The van der Waals surface area contributed by atoms with Crippen LogP contribution in [0.2, 0.25) is 0 Å². The van der Waals surface area contributed by atoms with Crippen molar-refractivity contribution in [3.63, 3.8) is 0 Å². The molecule has 1 N–H and O–H groups in total. The molecule has 0 spiro atoms. The summed E-state index contributed by atoms with van der Waals surface area (Å²) in [7, 11) is -3.28. The SMILES string of the molecule is CC(C)CCN(CCC(=O)NCc1cccnc1)S(C)(=O)=O. The number of hydrogen-bond acceptors (Lipinski definition) is 4. The van der Waals surface area contributed by atoms with E-state index in [1.165, 1.54) is 10.6 Å². The molecule has 124 valence electrons. The highest BCUT2D eigenvalue weighted by atomic mass is 32.2. The van der Waals surface area contributed by atoms with Gasteiger partial charge in [-0.3, -0.25) is 9.78 Å². The van der Waals surface area contributed by atoms with Crippen molar-refractivity contribution in [3.05, 3.63) is 30.1 Å². The second-order valence-electron chi connectivity index (χ2n) is 5.73. The second kappa shape index (κ2) is 8.85. The average molecular weight is 327 g/mol. The Morgan fingerprint density at radius 3 is 2.64 bits per heavy atom. The van der Waals surface area contributed by atoms with E-state index < -0.39 is 10.0 Å². The molecule has 6 nitrogen and oxygen atoms in total. The summed E-state index contributed by atoms with van der Waals surface area (Å²) in [5.41, 5.74) is 0.913. The normalized spacial score (nSPS) is 11.9. The van der Waals surface area contributed by atoms with Crippen LogP contribution < -0.4 is 5.32 Å². The van der Waals surface area contributed by atoms with Crippen LogP contribution >= 0.6 is 0 Å². The third kappa shape index (κ3) is 7.51. The Balaban J connectivity index is 2.42. The first kappa shape index (κ1) is 18.6. The highest BCUT2D eigenvalue weighted by Crippen LogP contribution is 2.07. The van der Waals surface area contributed by atoms with Gasteiger partial charge in [0, 0.05) is 38.4 Å². The standard InChI is InChI=1S/C15H25N3O3S/c1-13(2)6-9-18(22(3,20)21)10-7-15(19)17-12-14-5-4-8-16-11-14/h4-5,8,11,13H,6-7,9-10,12H2,1-3H3,(H,17,19). The van der Waals surface area contributed by atoms with Crippen molar-refractivity contribution >= 4 is 15.9 Å². The maximum absolute atomic E-state index is 11.8. The molecule has 0 aliphatic heterocycles. The van der Waals surface area contributed by atoms with Gasteiger partial charge in [-0.05, 0) is 24.0 Å². The lowest BCUT2D eigenvalue weighted by Crippen LogP contribution is -2.35. The van der Waals surface area contributed by atoms with Crippen molar-refractivity contribution in [1.29, 1.82) is 0 Å². The fourth-order valence-corrected chi connectivity index (χ4v) is 2.72. The molecule has 22 heavy (non-hydrogen) atoms. The Morgan fingerprint density at radius 2 is 2.09 bits per heavy atom. The second-order valence-corrected chi connectivity index (χ2v) is 7.72. The first-order valence-corrected chi connectivity index (χ1v) is 9.24. The summed E-state index contributed by atoms with van der Waals surface area (Å²) in [5, 5.41) is 2.77. The third-order valence-corrected chi connectivity index (χ3v) is 4.53. The zero-order chi connectivity index (χ0) is 16.6. The molecule has 0 aliphatic carbocycles. The molecule has 0 radical (unpaired) electrons. The van der Waals surface area contributed by atoms with Gasteiger partial charge in [0.15, 0.2) is 0 Å². The molecule has 1 aromatic heterocycles. The molecular weight excluding hydrogens is 302 g/mol. The van der Waals surface area contributed by atoms with Gasteiger partial charge in [-0.15, -0.1) is 0 Å². The van der Waals surface area contributed by atoms with Crippen LogP contribution in [0, 0.1) is 5.92 Å². The average Bonchev–Trinajstić information content (AvgIpc) is 2.44. The Hall–Kier alpha value is -1.47. The summed E-state index contributed by atoms with van der Waals surface area (Å²) < 4.78 is 24.8. The predicted molar refractivity (Wildman–Crippen MR) is 86.6 cm³/mol. The van der Waals surface area contributed by atoms with Crippen molar-refractivity contribution in [2.75, 3.05) is 19.3 Å². The summed E-state index contributed by atoms with van der Waals surface area (Å²) in [5.74, 6) is 0.255. The summed E-state index contributed by atoms with van der Waals surface area (Å²) in [4.78, 5) is 15.8. The van der Waals surface area contributed by atoms with Crippen LogP contribution in [0.3, 0.4) is 0 Å². The summed E-state index contributed by atoms with van der Waals surface area (Å²) in [6.45, 7) is 5.15. The minimum Gasteiger partial charge on any atom is -0.352 e. The minimum atomic E-state index is -3.28. The van der Waals surface area contributed by atoms with Gasteiger partial charge in [-0.1, -0.05) is 19.9 Å². The number of aromatic nitrogens is 1. The lowest BCUT2D eigenvalue weighted by molar-refractivity contribution is -0.121. The van der Waals surface area contributed by atoms with Gasteiger partial charge < -0.3 is 5.32 Å². The molecule has 1 aromatic rings. The quantitative estimate of drug-likeness (QED) is 0.743. The molecule has 0 saturated heterocycles. The van der Waals surface area contributed by atoms with E-state index in [2.05, 4.69) is 10.3 Å². The van der Waals surface area contributed by atoms with Crippen LogP contribution in [0.25, 0.3) is 0 Å². The van der Waals surface area contributed by atoms with Gasteiger partial charge in [-0.25, -0.2) is 12.7 Å². The Bertz CT molecular complexity index is 559. The van der Waals surface area contributed by atoms with Gasteiger partial charge in [0.2, 0.25) is 15.9 Å². The van der Waals surface area contributed by atoms with Crippen LogP contribution in [0.15, 0.2) is 24.5 Å². The zero-order valence-electron chi connectivity index (χ0n) is 13.4. The van der Waals surface area contributed by atoms with Gasteiger partial charge in [0.05, 0.1) is 6.26 Å². The number of nitrogens with one attached hydrogen (secondary N) is 1. The predicted octanol–water partition coefficient (Wildman–Crippen LogP) is 1.40. The monoisotopic (exact) mass is 327 g/mol. The molecule has 0 fully saturated rings. The molecule has 0 aliphatic rings. The van der Waals surface area contributed by atoms with E-state index in [-0.39, 0.29) is 18.9 Å². The molecule has 1 heterocycles. The van der Waals surface area contributed by atoms with Crippen LogP contribution in [0.5, 0.6) is 0 Å². The van der Waals surface area contributed by atoms with Crippen molar-refractivity contribution in [2.24, 2.45) is 5.92 Å². The van der Waals surface area contributed by atoms with Crippen LogP contribution in [-0.2, 0) is 21.4 Å². The van der Waals surface area contributed by atoms with Crippen molar-refractivity contribution in [3.8, 4) is 0 Å². The summed E-state index contributed by atoms with van der Waals surface area (Å²) >= 11 is 0. The van der Waals surface area contributed by atoms with E-state index in [0.29, 0.717) is 19.0 Å². The highest BCUT2D eigenvalue weighted by Gasteiger charge is 2.17. The lowest BCUT2D eigenvalue weighted by atomic mass is 10.1. The van der Waals surface area contributed by atoms with Gasteiger partial charge in [0.25, 0.3) is 0 Å². The number of carbonyl (C=O) groups excluding carboxylic acids is 1. The van der Waals surface area contributed by atoms with E-state index in [1.54, 1.807) is 18.5 Å². The topological polar surface area (TPSA) is 79.4 Å². The molecule has 0 saturated carbocycles. The number of hydrogen-bond donors (Lipinski definition) is 1. The fraction of sp³-hybridized carbons (Fsp3) is 0.600. The highest BCUT2D eigenvalue weighted by molar-refractivity contribution is 7.88. The molecule has 1 amide bonds. The van der Waals surface area contributed by atoms with Crippen LogP contribution in [0.4, 0.5) is 0 Å². The molecule has 7 heteroatoms. The number of carbonyl (C=O) groups is 1. The maximum Gasteiger partial charge on any atom is 0.221 e. The molecular formula is C15H25N3O3S. The third-order valence-electron chi connectivity index (χ3n) is 3.23. The van der Waals surface area contributed by atoms with E-state index in [0.717, 1.165) is 12.0 Å². The molecule has 0 aromatic carbocycles. The van der Waals surface area contributed by atoms with Gasteiger partial charge >= 0.3 is 0 Å². The number of nitrogens with zero attached hydrogens (tertiary/aromatic N) is 2. The van der Waals surface area contributed by atoms with Crippen molar-refractivity contribution in [1.82, 2.24) is 14.6 Å². The fourth-order valence-electron chi connectivity index (χ4n) is 1.86. The number of rotatable bonds is 9. The Morgan fingerprint density at radius 1 is 1.36 bits per heavy atom. The van der Waals surface area contributed by atoms with Crippen LogP contribution in [-0.4, -0.2) is 43.0 Å². The van der Waals surface area contributed by atoms with Crippen molar-refractivity contribution in [2.45, 2.75) is 33.2 Å². The molecule has 0 bridgehead atoms. The first-order chi connectivity index (χ1) is 10.3. The minimum absolute atomic E-state index is 0.158. The largest absolute Gasteiger partial charge is 0.352 e. The van der Waals surface area contributed by atoms with Crippen LogP contribution in [0.1, 0.15) is 32.3 Å². The summed E-state index contributed by atoms with van der Waals surface area (Å²) in [6, 6.07) is 3.68. The van der Waals surface area contributed by atoms with Gasteiger partial charge in [-0.2, -0.15) is 0 Å². The lowest BCUT2D eigenvalue weighted by Gasteiger charge is -2.20. The number of sulfonamides is 1.